The fraction of sp³-hybridized carbons (Fsp3) is 0.630. The zero-order valence-electron chi connectivity index (χ0n) is 19.3. The first kappa shape index (κ1) is 21.1. The van der Waals surface area contributed by atoms with Gasteiger partial charge < -0.3 is 14.9 Å². The summed E-state index contributed by atoms with van der Waals surface area (Å²) in [6.45, 7) is 0.697. The third-order valence-corrected chi connectivity index (χ3v) is 8.66. The van der Waals surface area contributed by atoms with Crippen molar-refractivity contribution >= 4 is 5.91 Å². The molecule has 1 amide bonds. The van der Waals surface area contributed by atoms with Gasteiger partial charge in [0.25, 0.3) is 5.91 Å². The normalized spacial score (nSPS) is 34.7. The first-order chi connectivity index (χ1) is 16.2. The van der Waals surface area contributed by atoms with Gasteiger partial charge in [0.2, 0.25) is 0 Å². The van der Waals surface area contributed by atoms with E-state index in [1.54, 1.807) is 6.20 Å². The minimum atomic E-state index is 0.0803. The summed E-state index contributed by atoms with van der Waals surface area (Å²) in [5.74, 6) is 4.74. The highest BCUT2D eigenvalue weighted by Gasteiger charge is 2.48. The van der Waals surface area contributed by atoms with Crippen LogP contribution in [0.4, 0.5) is 0 Å². The van der Waals surface area contributed by atoms with E-state index in [2.05, 4.69) is 10.4 Å². The van der Waals surface area contributed by atoms with Crippen molar-refractivity contribution in [3.63, 3.8) is 0 Å². The third kappa shape index (κ3) is 4.62. The molecule has 6 nitrogen and oxygen atoms in total. The van der Waals surface area contributed by atoms with Crippen molar-refractivity contribution in [1.29, 1.82) is 0 Å². The van der Waals surface area contributed by atoms with Crippen LogP contribution in [0.25, 0.3) is 0 Å². The number of hydrogen-bond donors (Lipinski definition) is 1. The molecule has 0 atom stereocenters. The molecule has 33 heavy (non-hydrogen) atoms. The van der Waals surface area contributed by atoms with Crippen molar-refractivity contribution in [3.05, 3.63) is 48.3 Å². The Morgan fingerprint density at radius 1 is 0.970 bits per heavy atom. The van der Waals surface area contributed by atoms with E-state index in [0.717, 1.165) is 48.8 Å². The molecule has 1 aromatic carbocycles. The molecule has 0 saturated heterocycles. The van der Waals surface area contributed by atoms with Gasteiger partial charge in [-0.1, -0.05) is 0 Å². The SMILES string of the molecule is O=C(NC1C2CC3CC(C2)CC1C3)c1ccc(OC2CCC(COn3cccn3)CC2)cc1. The van der Waals surface area contributed by atoms with Gasteiger partial charge in [-0.25, -0.2) is 0 Å². The predicted octanol–water partition coefficient (Wildman–Crippen LogP) is 4.50. The second kappa shape index (κ2) is 9.03. The molecule has 1 aromatic heterocycles. The molecule has 6 heteroatoms. The van der Waals surface area contributed by atoms with Crippen LogP contribution in [0.5, 0.6) is 5.75 Å². The molecular weight excluding hydrogens is 414 g/mol. The van der Waals surface area contributed by atoms with Crippen molar-refractivity contribution in [2.75, 3.05) is 6.61 Å². The van der Waals surface area contributed by atoms with Crippen LogP contribution < -0.4 is 14.9 Å². The number of rotatable bonds is 7. The zero-order chi connectivity index (χ0) is 22.2. The Morgan fingerprint density at radius 3 is 2.30 bits per heavy atom. The first-order valence-electron chi connectivity index (χ1n) is 12.9. The van der Waals surface area contributed by atoms with Crippen LogP contribution in [0, 0.1) is 29.6 Å². The summed E-state index contributed by atoms with van der Waals surface area (Å²) in [5.41, 5.74) is 0.746. The first-order valence-corrected chi connectivity index (χ1v) is 12.9. The third-order valence-electron chi connectivity index (χ3n) is 8.66. The highest BCUT2D eigenvalue weighted by molar-refractivity contribution is 5.94. The molecule has 1 heterocycles. The molecule has 0 unspecified atom stereocenters. The fourth-order valence-electron chi connectivity index (χ4n) is 7.20. The van der Waals surface area contributed by atoms with Crippen LogP contribution in [0.3, 0.4) is 0 Å². The maximum absolute atomic E-state index is 13.0. The molecule has 4 bridgehead atoms. The molecule has 5 saturated carbocycles. The molecule has 7 rings (SSSR count). The van der Waals surface area contributed by atoms with Gasteiger partial charge in [0.15, 0.2) is 0 Å². The second-order valence-electron chi connectivity index (χ2n) is 10.9. The lowest BCUT2D eigenvalue weighted by molar-refractivity contribution is -0.0119. The van der Waals surface area contributed by atoms with E-state index in [-0.39, 0.29) is 12.0 Å². The summed E-state index contributed by atoms with van der Waals surface area (Å²) < 4.78 is 6.23. The van der Waals surface area contributed by atoms with Crippen molar-refractivity contribution < 1.29 is 14.4 Å². The van der Waals surface area contributed by atoms with Crippen LogP contribution >= 0.6 is 0 Å². The van der Waals surface area contributed by atoms with Gasteiger partial charge in [0.05, 0.1) is 18.5 Å². The maximum Gasteiger partial charge on any atom is 0.251 e. The highest BCUT2D eigenvalue weighted by atomic mass is 16.7. The summed E-state index contributed by atoms with van der Waals surface area (Å²) in [4.78, 5) is 20.2. The van der Waals surface area contributed by atoms with E-state index < -0.39 is 0 Å². The number of hydrogen-bond acceptors (Lipinski definition) is 4. The van der Waals surface area contributed by atoms with Crippen LogP contribution in [-0.2, 0) is 0 Å². The van der Waals surface area contributed by atoms with Crippen molar-refractivity contribution in [2.24, 2.45) is 29.6 Å². The van der Waals surface area contributed by atoms with Gasteiger partial charge in [-0.3, -0.25) is 4.79 Å². The lowest BCUT2D eigenvalue weighted by Crippen LogP contribution is -2.55. The summed E-state index contributed by atoms with van der Waals surface area (Å²) in [5, 5.41) is 7.49. The van der Waals surface area contributed by atoms with E-state index in [1.807, 2.05) is 36.5 Å². The largest absolute Gasteiger partial charge is 0.490 e. The average Bonchev–Trinajstić information content (AvgIpc) is 3.35. The van der Waals surface area contributed by atoms with Crippen molar-refractivity contribution in [3.8, 4) is 5.75 Å². The van der Waals surface area contributed by atoms with Gasteiger partial charge in [-0.2, -0.15) is 0 Å². The monoisotopic (exact) mass is 449 g/mol. The Kier molecular flexibility index (Phi) is 5.77. The highest BCUT2D eigenvalue weighted by Crippen LogP contribution is 2.53. The minimum absolute atomic E-state index is 0.0803. The fourth-order valence-corrected chi connectivity index (χ4v) is 7.20. The quantitative estimate of drug-likeness (QED) is 0.676. The number of benzene rings is 1. The Hall–Kier alpha value is -2.50. The Balaban J connectivity index is 0.972. The summed E-state index contributed by atoms with van der Waals surface area (Å²) in [6.07, 6.45) is 14.8. The number of aromatic nitrogens is 2. The van der Waals surface area contributed by atoms with E-state index in [9.17, 15) is 4.79 Å². The topological polar surface area (TPSA) is 65.4 Å². The van der Waals surface area contributed by atoms with E-state index >= 15 is 0 Å². The van der Waals surface area contributed by atoms with E-state index in [4.69, 9.17) is 9.57 Å². The molecule has 5 aliphatic carbocycles. The van der Waals surface area contributed by atoms with E-state index in [1.165, 1.54) is 36.9 Å². The average molecular weight is 450 g/mol. The molecule has 176 valence electrons. The Labute approximate surface area is 196 Å². The number of carbonyl (C=O) groups excluding carboxylic acids is 1. The zero-order valence-corrected chi connectivity index (χ0v) is 19.3. The number of carbonyl (C=O) groups is 1. The number of nitrogens with one attached hydrogen (secondary N) is 1. The standard InChI is InChI=1S/C27H35N3O3/c31-27(29-26-22-13-19-12-20(15-22)16-23(26)14-19)21-4-8-25(9-5-21)33-24-6-2-18(3-7-24)17-32-30-11-1-10-28-30/h1,4-5,8-11,18-20,22-24,26H,2-3,6-7,12-17H2,(H,29,31). The van der Waals surface area contributed by atoms with Crippen LogP contribution in [0.1, 0.15) is 68.1 Å². The second-order valence-corrected chi connectivity index (χ2v) is 10.9. The Bertz CT molecular complexity index is 906. The van der Waals surface area contributed by atoms with Crippen LogP contribution in [-0.4, -0.2) is 34.6 Å². The van der Waals surface area contributed by atoms with Gasteiger partial charge in [-0.05, 0) is 118 Å². The maximum atomic E-state index is 13.0. The van der Waals surface area contributed by atoms with Crippen LogP contribution in [0.2, 0.25) is 0 Å². The predicted molar refractivity (Wildman–Crippen MR) is 125 cm³/mol. The molecule has 0 spiro atoms. The molecule has 5 aliphatic rings. The van der Waals surface area contributed by atoms with Crippen molar-refractivity contribution in [1.82, 2.24) is 15.3 Å². The summed E-state index contributed by atoms with van der Waals surface area (Å²) in [7, 11) is 0. The summed E-state index contributed by atoms with van der Waals surface area (Å²) in [6, 6.07) is 10.0. The molecule has 5 fully saturated rings. The molecule has 1 N–H and O–H groups in total. The van der Waals surface area contributed by atoms with Crippen LogP contribution in [0.15, 0.2) is 42.7 Å². The van der Waals surface area contributed by atoms with Gasteiger partial charge in [0, 0.05) is 11.6 Å². The smallest absolute Gasteiger partial charge is 0.251 e. The van der Waals surface area contributed by atoms with Gasteiger partial charge in [-0.15, -0.1) is 9.94 Å². The number of amides is 1. The minimum Gasteiger partial charge on any atom is -0.490 e. The van der Waals surface area contributed by atoms with Crippen molar-refractivity contribution in [2.45, 2.75) is 69.9 Å². The lowest BCUT2D eigenvalue weighted by atomic mass is 9.54. The van der Waals surface area contributed by atoms with Gasteiger partial charge in [0.1, 0.15) is 12.4 Å². The lowest BCUT2D eigenvalue weighted by Gasteiger charge is -2.54. The number of nitrogens with zero attached hydrogens (tertiary/aromatic N) is 2. The molecule has 0 aliphatic heterocycles. The van der Waals surface area contributed by atoms with Gasteiger partial charge >= 0.3 is 0 Å². The van der Waals surface area contributed by atoms with E-state index in [0.29, 0.717) is 30.4 Å². The Morgan fingerprint density at radius 2 is 1.67 bits per heavy atom. The summed E-state index contributed by atoms with van der Waals surface area (Å²) >= 11 is 0. The number of ether oxygens (including phenoxy) is 1. The molecule has 2 aromatic rings. The molecular formula is C27H35N3O3. The molecule has 0 radical (unpaired) electrons.